The Hall–Kier alpha value is -1.35. The van der Waals surface area contributed by atoms with Gasteiger partial charge in [0.25, 0.3) is 0 Å². The summed E-state index contributed by atoms with van der Waals surface area (Å²) in [6, 6.07) is 7.28. The maximum absolute atomic E-state index is 11.3. The quantitative estimate of drug-likeness (QED) is 0.545. The van der Waals surface area contributed by atoms with Crippen LogP contribution in [0.2, 0.25) is 0 Å². The number of carbonyl (C=O) groups is 1. The van der Waals surface area contributed by atoms with Crippen molar-refractivity contribution in [2.75, 3.05) is 6.61 Å². The van der Waals surface area contributed by atoms with Crippen molar-refractivity contribution in [3.8, 4) is 0 Å². The van der Waals surface area contributed by atoms with E-state index in [-0.39, 0.29) is 0 Å². The van der Waals surface area contributed by atoms with Crippen LogP contribution in [0.15, 0.2) is 24.3 Å². The number of hydrogen-bond acceptors (Lipinski definition) is 3. The van der Waals surface area contributed by atoms with Crippen LogP contribution in [0.25, 0.3) is 0 Å². The molecule has 0 spiro atoms. The van der Waals surface area contributed by atoms with E-state index in [1.165, 1.54) is 5.56 Å². The molecule has 3 heteroatoms. The van der Waals surface area contributed by atoms with Crippen molar-refractivity contribution in [3.05, 3.63) is 35.4 Å². The van der Waals surface area contributed by atoms with Gasteiger partial charge in [-0.3, -0.25) is 4.89 Å². The maximum atomic E-state index is 11.3. The Bertz CT molecular complexity index is 290. The predicted octanol–water partition coefficient (Wildman–Crippen LogP) is 2.36. The van der Waals surface area contributed by atoms with Gasteiger partial charge in [-0.15, -0.1) is 0 Å². The topological polar surface area (TPSA) is 35.5 Å². The Morgan fingerprint density at radius 1 is 1.21 bits per heavy atom. The first kappa shape index (κ1) is 10.7. The van der Waals surface area contributed by atoms with Gasteiger partial charge in [-0.1, -0.05) is 19.1 Å². The zero-order chi connectivity index (χ0) is 10.4. The van der Waals surface area contributed by atoms with Crippen LogP contribution in [-0.4, -0.2) is 12.6 Å². The van der Waals surface area contributed by atoms with E-state index >= 15 is 0 Å². The Morgan fingerprint density at radius 3 is 2.36 bits per heavy atom. The second kappa shape index (κ2) is 5.40. The minimum Gasteiger partial charge on any atom is -0.293 e. The Morgan fingerprint density at radius 2 is 1.86 bits per heavy atom. The third kappa shape index (κ3) is 2.85. The van der Waals surface area contributed by atoms with E-state index in [1.807, 2.05) is 12.1 Å². The van der Waals surface area contributed by atoms with E-state index in [9.17, 15) is 4.79 Å². The van der Waals surface area contributed by atoms with Crippen LogP contribution in [0.5, 0.6) is 0 Å². The van der Waals surface area contributed by atoms with Gasteiger partial charge in [0.2, 0.25) is 0 Å². The average Bonchev–Trinajstić information content (AvgIpc) is 2.26. The summed E-state index contributed by atoms with van der Waals surface area (Å²) >= 11 is 0. The van der Waals surface area contributed by atoms with E-state index in [4.69, 9.17) is 0 Å². The molecule has 0 amide bonds. The molecule has 0 saturated carbocycles. The molecule has 0 unspecified atom stereocenters. The molecular weight excluding hydrogens is 180 g/mol. The molecule has 1 aromatic carbocycles. The lowest BCUT2D eigenvalue weighted by molar-refractivity contribution is -0.236. The molecule has 0 heterocycles. The Balaban J connectivity index is 2.62. The molecule has 0 atom stereocenters. The van der Waals surface area contributed by atoms with Crippen LogP contribution in [0, 0.1) is 0 Å². The molecule has 1 rings (SSSR count). The summed E-state index contributed by atoms with van der Waals surface area (Å²) in [5.74, 6) is -0.450. The highest BCUT2D eigenvalue weighted by Gasteiger charge is 2.06. The fraction of sp³-hybridized carbons (Fsp3) is 0.364. The molecule has 0 bridgehead atoms. The molecule has 0 aliphatic heterocycles. The maximum Gasteiger partial charge on any atom is 0.373 e. The SMILES string of the molecule is CCOOC(=O)c1ccc(CC)cc1. The van der Waals surface area contributed by atoms with Crippen LogP contribution in [0.1, 0.15) is 29.8 Å². The van der Waals surface area contributed by atoms with Crippen molar-refractivity contribution < 1.29 is 14.6 Å². The third-order valence-corrected chi connectivity index (χ3v) is 1.85. The first-order valence-electron chi connectivity index (χ1n) is 4.70. The highest BCUT2D eigenvalue weighted by Crippen LogP contribution is 2.06. The summed E-state index contributed by atoms with van der Waals surface area (Å²) in [5, 5.41) is 0. The second-order valence-electron chi connectivity index (χ2n) is 2.83. The number of aryl methyl sites for hydroxylation is 1. The molecule has 0 saturated heterocycles. The summed E-state index contributed by atoms with van der Waals surface area (Å²) < 4.78 is 0. The lowest BCUT2D eigenvalue weighted by atomic mass is 10.1. The fourth-order valence-corrected chi connectivity index (χ4v) is 1.04. The van der Waals surface area contributed by atoms with E-state index in [0.717, 1.165) is 6.42 Å². The number of hydrogen-bond donors (Lipinski definition) is 0. The molecule has 0 N–H and O–H groups in total. The van der Waals surface area contributed by atoms with Gasteiger partial charge in [-0.2, -0.15) is 4.89 Å². The lowest BCUT2D eigenvalue weighted by Gasteiger charge is -2.02. The number of rotatable bonds is 4. The molecule has 0 fully saturated rings. The van der Waals surface area contributed by atoms with Crippen LogP contribution < -0.4 is 0 Å². The molecule has 76 valence electrons. The molecule has 1 aromatic rings. The van der Waals surface area contributed by atoms with Crippen molar-refractivity contribution in [2.24, 2.45) is 0 Å². The Labute approximate surface area is 83.6 Å². The van der Waals surface area contributed by atoms with Crippen molar-refractivity contribution in [2.45, 2.75) is 20.3 Å². The smallest absolute Gasteiger partial charge is 0.293 e. The Kier molecular flexibility index (Phi) is 4.13. The van der Waals surface area contributed by atoms with E-state index in [2.05, 4.69) is 16.7 Å². The molecule has 0 aliphatic rings. The lowest BCUT2D eigenvalue weighted by Crippen LogP contribution is -2.05. The number of benzene rings is 1. The first-order valence-corrected chi connectivity index (χ1v) is 4.70. The van der Waals surface area contributed by atoms with Gasteiger partial charge in [-0.25, -0.2) is 4.79 Å². The normalized spacial score (nSPS) is 9.86. The molecule has 0 aliphatic carbocycles. The van der Waals surface area contributed by atoms with Gasteiger partial charge >= 0.3 is 5.97 Å². The monoisotopic (exact) mass is 194 g/mol. The first-order chi connectivity index (χ1) is 6.77. The van der Waals surface area contributed by atoms with Crippen molar-refractivity contribution in [3.63, 3.8) is 0 Å². The summed E-state index contributed by atoms with van der Waals surface area (Å²) in [5.41, 5.74) is 1.70. The average molecular weight is 194 g/mol. The van der Waals surface area contributed by atoms with Crippen molar-refractivity contribution in [1.82, 2.24) is 0 Å². The van der Waals surface area contributed by atoms with E-state index in [0.29, 0.717) is 12.2 Å². The molecule has 3 nitrogen and oxygen atoms in total. The minimum absolute atomic E-state index is 0.360. The molecule has 0 aromatic heterocycles. The summed E-state index contributed by atoms with van der Waals surface area (Å²) in [7, 11) is 0. The molecule has 14 heavy (non-hydrogen) atoms. The predicted molar refractivity (Wildman–Crippen MR) is 52.9 cm³/mol. The van der Waals surface area contributed by atoms with Crippen LogP contribution in [0.3, 0.4) is 0 Å². The minimum atomic E-state index is -0.450. The number of carbonyl (C=O) groups excluding carboxylic acids is 1. The summed E-state index contributed by atoms with van der Waals surface area (Å²) in [4.78, 5) is 20.3. The van der Waals surface area contributed by atoms with Gasteiger partial charge in [-0.05, 0) is 31.0 Å². The second-order valence-corrected chi connectivity index (χ2v) is 2.83. The van der Waals surface area contributed by atoms with Crippen molar-refractivity contribution in [1.29, 1.82) is 0 Å². The van der Waals surface area contributed by atoms with E-state index < -0.39 is 5.97 Å². The van der Waals surface area contributed by atoms with Crippen molar-refractivity contribution >= 4 is 5.97 Å². The van der Waals surface area contributed by atoms with Crippen LogP contribution in [0.4, 0.5) is 0 Å². The van der Waals surface area contributed by atoms with Gasteiger partial charge in [0.1, 0.15) is 0 Å². The van der Waals surface area contributed by atoms with Gasteiger partial charge in [0.15, 0.2) is 0 Å². The largest absolute Gasteiger partial charge is 0.373 e. The van der Waals surface area contributed by atoms with Gasteiger partial charge in [0.05, 0.1) is 12.2 Å². The highest BCUT2D eigenvalue weighted by molar-refractivity contribution is 5.88. The van der Waals surface area contributed by atoms with Crippen LogP contribution in [-0.2, 0) is 16.2 Å². The van der Waals surface area contributed by atoms with Gasteiger partial charge < -0.3 is 0 Å². The van der Waals surface area contributed by atoms with Gasteiger partial charge in [0, 0.05) is 0 Å². The van der Waals surface area contributed by atoms with E-state index in [1.54, 1.807) is 19.1 Å². The highest BCUT2D eigenvalue weighted by atomic mass is 17.2. The summed E-state index contributed by atoms with van der Waals surface area (Å²) in [6.45, 7) is 4.18. The zero-order valence-electron chi connectivity index (χ0n) is 8.45. The summed E-state index contributed by atoms with van der Waals surface area (Å²) in [6.07, 6.45) is 0.959. The zero-order valence-corrected chi connectivity index (χ0v) is 8.45. The molecular formula is C11H14O3. The third-order valence-electron chi connectivity index (χ3n) is 1.85. The fourth-order valence-electron chi connectivity index (χ4n) is 1.04. The standard InChI is InChI=1S/C11H14O3/c1-3-9-5-7-10(8-6-9)11(12)14-13-4-2/h5-8H,3-4H2,1-2H3. The van der Waals surface area contributed by atoms with Crippen LogP contribution >= 0.6 is 0 Å². The molecule has 0 radical (unpaired) electrons.